The first-order chi connectivity index (χ1) is 9.36. The molecule has 0 aliphatic heterocycles. The monoisotopic (exact) mass is 258 g/mol. The van der Waals surface area contributed by atoms with Gasteiger partial charge in [0.25, 0.3) is 0 Å². The van der Waals surface area contributed by atoms with Crippen LogP contribution in [0.5, 0.6) is 0 Å². The minimum absolute atomic E-state index is 0.332. The first kappa shape index (κ1) is 13.1. The lowest BCUT2D eigenvalue weighted by Gasteiger charge is -2.26. The van der Waals surface area contributed by atoms with E-state index in [9.17, 15) is 0 Å². The largest absolute Gasteiger partial charge is 0.329 e. The summed E-state index contributed by atoms with van der Waals surface area (Å²) >= 11 is 0. The number of nitrogens with one attached hydrogen (secondary N) is 1. The number of rotatable bonds is 7. The van der Waals surface area contributed by atoms with Crippen molar-refractivity contribution in [3.8, 4) is 0 Å². The maximum Gasteiger partial charge on any atom is 0.0444 e. The van der Waals surface area contributed by atoms with Crippen molar-refractivity contribution < 1.29 is 0 Å². The number of hydrogen-bond acceptors (Lipinski definition) is 2. The lowest BCUT2D eigenvalue weighted by Crippen LogP contribution is -2.30. The Morgan fingerprint density at radius 1 is 1.21 bits per heavy atom. The zero-order valence-corrected chi connectivity index (χ0v) is 11.8. The van der Waals surface area contributed by atoms with Crippen LogP contribution in [0.3, 0.4) is 0 Å². The van der Waals surface area contributed by atoms with E-state index in [2.05, 4.69) is 29.6 Å². The Morgan fingerprint density at radius 3 is 2.68 bits per heavy atom. The van der Waals surface area contributed by atoms with Crippen molar-refractivity contribution >= 4 is 0 Å². The zero-order valence-electron chi connectivity index (χ0n) is 11.8. The Labute approximate surface area is 116 Å². The highest BCUT2D eigenvalue weighted by Gasteiger charge is 2.24. The van der Waals surface area contributed by atoms with E-state index >= 15 is 0 Å². The van der Waals surface area contributed by atoms with Crippen molar-refractivity contribution in [2.24, 2.45) is 11.7 Å². The Balaban J connectivity index is 1.55. The van der Waals surface area contributed by atoms with Gasteiger partial charge in [0.05, 0.1) is 0 Å². The molecule has 3 N–H and O–H groups in total. The van der Waals surface area contributed by atoms with Gasteiger partial charge in [0.1, 0.15) is 0 Å². The molecule has 0 aromatic heterocycles. The molecule has 2 heteroatoms. The molecule has 0 radical (unpaired) electrons. The highest BCUT2D eigenvalue weighted by molar-refractivity contribution is 5.31. The molecule has 0 spiro atoms. The maximum absolute atomic E-state index is 5.95. The van der Waals surface area contributed by atoms with E-state index in [0.717, 1.165) is 18.4 Å². The van der Waals surface area contributed by atoms with Gasteiger partial charge < -0.3 is 11.1 Å². The molecule has 2 saturated carbocycles. The van der Waals surface area contributed by atoms with E-state index < -0.39 is 0 Å². The third-order valence-corrected chi connectivity index (χ3v) is 4.77. The van der Waals surface area contributed by atoms with Crippen LogP contribution < -0.4 is 11.1 Å². The normalized spacial score (nSPS) is 21.1. The standard InChI is InChI=1S/C17H26N2/c18-12-17(19-10-9-13-3-1-4-13)16-6-2-5-15(11-16)14-7-8-14/h2,5-6,11,13-14,17,19H,1,3-4,7-10,12,18H2. The van der Waals surface area contributed by atoms with Crippen LogP contribution in [0.15, 0.2) is 24.3 Å². The van der Waals surface area contributed by atoms with E-state index in [1.165, 1.54) is 49.7 Å². The summed E-state index contributed by atoms with van der Waals surface area (Å²) in [7, 11) is 0. The van der Waals surface area contributed by atoms with Crippen LogP contribution in [0.1, 0.15) is 61.6 Å². The fourth-order valence-corrected chi connectivity index (χ4v) is 3.03. The molecule has 19 heavy (non-hydrogen) atoms. The molecule has 2 nitrogen and oxygen atoms in total. The Bertz CT molecular complexity index is 407. The average molecular weight is 258 g/mol. The number of nitrogens with two attached hydrogens (primary N) is 1. The van der Waals surface area contributed by atoms with Gasteiger partial charge in [0.15, 0.2) is 0 Å². The SMILES string of the molecule is NCC(NCCC1CCC1)c1cccc(C2CC2)c1. The molecule has 2 fully saturated rings. The van der Waals surface area contributed by atoms with E-state index in [1.54, 1.807) is 0 Å². The average Bonchev–Trinajstić information content (AvgIpc) is 3.21. The minimum Gasteiger partial charge on any atom is -0.329 e. The van der Waals surface area contributed by atoms with Crippen LogP contribution >= 0.6 is 0 Å². The first-order valence-electron chi connectivity index (χ1n) is 7.90. The Hall–Kier alpha value is -0.860. The summed E-state index contributed by atoms with van der Waals surface area (Å²) in [5.41, 5.74) is 8.83. The molecule has 0 bridgehead atoms. The molecule has 0 amide bonds. The summed E-state index contributed by atoms with van der Waals surface area (Å²) in [5.74, 6) is 1.80. The summed E-state index contributed by atoms with van der Waals surface area (Å²) in [4.78, 5) is 0. The molecule has 1 atom stereocenters. The van der Waals surface area contributed by atoms with Crippen molar-refractivity contribution in [2.45, 2.75) is 50.5 Å². The topological polar surface area (TPSA) is 38.0 Å². The van der Waals surface area contributed by atoms with E-state index in [4.69, 9.17) is 5.73 Å². The van der Waals surface area contributed by atoms with Gasteiger partial charge in [-0.1, -0.05) is 43.5 Å². The highest BCUT2D eigenvalue weighted by atomic mass is 14.9. The molecular formula is C17H26N2. The van der Waals surface area contributed by atoms with Gasteiger partial charge in [-0.2, -0.15) is 0 Å². The molecule has 1 aromatic carbocycles. The van der Waals surface area contributed by atoms with Crippen LogP contribution in [-0.2, 0) is 0 Å². The van der Waals surface area contributed by atoms with Gasteiger partial charge in [0, 0.05) is 12.6 Å². The smallest absolute Gasteiger partial charge is 0.0444 e. The molecule has 1 unspecified atom stereocenters. The second-order valence-corrected chi connectivity index (χ2v) is 6.27. The van der Waals surface area contributed by atoms with E-state index in [1.807, 2.05) is 0 Å². The zero-order chi connectivity index (χ0) is 13.1. The van der Waals surface area contributed by atoms with Crippen molar-refractivity contribution in [3.63, 3.8) is 0 Å². The van der Waals surface area contributed by atoms with Gasteiger partial charge in [-0.05, 0) is 48.8 Å². The number of benzene rings is 1. The number of hydrogen-bond donors (Lipinski definition) is 2. The Morgan fingerprint density at radius 2 is 2.05 bits per heavy atom. The lowest BCUT2D eigenvalue weighted by atomic mass is 9.83. The minimum atomic E-state index is 0.332. The molecule has 104 valence electrons. The van der Waals surface area contributed by atoms with Crippen LogP contribution in [0, 0.1) is 5.92 Å². The van der Waals surface area contributed by atoms with Crippen LogP contribution in [-0.4, -0.2) is 13.1 Å². The van der Waals surface area contributed by atoms with Crippen molar-refractivity contribution in [3.05, 3.63) is 35.4 Å². The molecule has 2 aliphatic rings. The fourth-order valence-electron chi connectivity index (χ4n) is 3.03. The summed E-state index contributed by atoms with van der Waals surface area (Å²) in [6, 6.07) is 9.38. The lowest BCUT2D eigenvalue weighted by molar-refractivity contribution is 0.288. The van der Waals surface area contributed by atoms with E-state index in [-0.39, 0.29) is 0 Å². The van der Waals surface area contributed by atoms with Crippen LogP contribution in [0.2, 0.25) is 0 Å². The fraction of sp³-hybridized carbons (Fsp3) is 0.647. The highest BCUT2D eigenvalue weighted by Crippen LogP contribution is 2.40. The predicted octanol–water partition coefficient (Wildman–Crippen LogP) is 3.34. The second kappa shape index (κ2) is 6.06. The summed E-state index contributed by atoms with van der Waals surface area (Å²) in [6.07, 6.45) is 8.36. The van der Waals surface area contributed by atoms with Gasteiger partial charge in [-0.3, -0.25) is 0 Å². The predicted molar refractivity (Wildman–Crippen MR) is 80.2 cm³/mol. The summed E-state index contributed by atoms with van der Waals surface area (Å²) in [6.45, 7) is 1.80. The molecule has 2 aliphatic carbocycles. The molecule has 0 saturated heterocycles. The van der Waals surface area contributed by atoms with Gasteiger partial charge >= 0.3 is 0 Å². The third-order valence-electron chi connectivity index (χ3n) is 4.77. The van der Waals surface area contributed by atoms with Gasteiger partial charge in [0.2, 0.25) is 0 Å². The molecule has 1 aromatic rings. The van der Waals surface area contributed by atoms with Gasteiger partial charge in [-0.25, -0.2) is 0 Å². The third kappa shape index (κ3) is 3.37. The Kier molecular flexibility index (Phi) is 4.19. The van der Waals surface area contributed by atoms with Crippen LogP contribution in [0.4, 0.5) is 0 Å². The van der Waals surface area contributed by atoms with E-state index in [0.29, 0.717) is 12.6 Å². The molecular weight excluding hydrogens is 232 g/mol. The van der Waals surface area contributed by atoms with Crippen LogP contribution in [0.25, 0.3) is 0 Å². The van der Waals surface area contributed by atoms with Gasteiger partial charge in [-0.15, -0.1) is 0 Å². The summed E-state index contributed by atoms with van der Waals surface area (Å²) < 4.78 is 0. The van der Waals surface area contributed by atoms with Crippen molar-refractivity contribution in [1.29, 1.82) is 0 Å². The second-order valence-electron chi connectivity index (χ2n) is 6.27. The quantitative estimate of drug-likeness (QED) is 0.787. The maximum atomic E-state index is 5.95. The summed E-state index contributed by atoms with van der Waals surface area (Å²) in [5, 5.41) is 3.65. The molecule has 3 rings (SSSR count). The molecule has 0 heterocycles. The van der Waals surface area contributed by atoms with Crippen molar-refractivity contribution in [1.82, 2.24) is 5.32 Å². The first-order valence-corrected chi connectivity index (χ1v) is 7.90. The van der Waals surface area contributed by atoms with Crippen molar-refractivity contribution in [2.75, 3.05) is 13.1 Å².